The smallest absolute Gasteiger partial charge is 0.0599 e. The highest BCUT2D eigenvalue weighted by Crippen LogP contribution is 2.23. The van der Waals surface area contributed by atoms with E-state index in [0.29, 0.717) is 12.2 Å². The normalized spacial score (nSPS) is 27.9. The van der Waals surface area contributed by atoms with Crippen molar-refractivity contribution in [2.45, 2.75) is 64.6 Å². The summed E-state index contributed by atoms with van der Waals surface area (Å²) in [7, 11) is 0. The molecular weight excluding hydrogens is 176 g/mol. The minimum Gasteiger partial charge on any atom is -0.378 e. The van der Waals surface area contributed by atoms with Gasteiger partial charge in [-0.2, -0.15) is 0 Å². The van der Waals surface area contributed by atoms with E-state index in [-0.39, 0.29) is 0 Å². The molecule has 2 nitrogen and oxygen atoms in total. The molecule has 0 heterocycles. The molecule has 0 aromatic heterocycles. The van der Waals surface area contributed by atoms with E-state index in [0.717, 1.165) is 19.6 Å². The van der Waals surface area contributed by atoms with Crippen LogP contribution in [0, 0.1) is 0 Å². The maximum absolute atomic E-state index is 5.82. The quantitative estimate of drug-likeness (QED) is 0.613. The van der Waals surface area contributed by atoms with Crippen molar-refractivity contribution in [1.29, 1.82) is 0 Å². The van der Waals surface area contributed by atoms with Gasteiger partial charge >= 0.3 is 0 Å². The molecule has 1 fully saturated rings. The van der Waals surface area contributed by atoms with Gasteiger partial charge in [0.2, 0.25) is 0 Å². The van der Waals surface area contributed by atoms with Crippen LogP contribution in [0.3, 0.4) is 0 Å². The molecule has 1 saturated carbocycles. The first-order chi connectivity index (χ1) is 6.86. The van der Waals surface area contributed by atoms with E-state index >= 15 is 0 Å². The Bertz CT molecular complexity index is 134. The van der Waals surface area contributed by atoms with E-state index in [1.807, 2.05) is 0 Å². The van der Waals surface area contributed by atoms with Gasteiger partial charge in [-0.05, 0) is 39.0 Å². The Morgan fingerprint density at radius 1 is 1.07 bits per heavy atom. The topological polar surface area (TPSA) is 18.5 Å². The van der Waals surface area contributed by atoms with Crippen LogP contribution < -0.4 is 0 Å². The van der Waals surface area contributed by atoms with Gasteiger partial charge in [0.25, 0.3) is 0 Å². The molecule has 2 atom stereocenters. The van der Waals surface area contributed by atoms with E-state index in [4.69, 9.17) is 9.47 Å². The zero-order valence-electron chi connectivity index (χ0n) is 9.63. The van der Waals surface area contributed by atoms with Crippen LogP contribution in [-0.2, 0) is 9.47 Å². The lowest BCUT2D eigenvalue weighted by atomic mass is 9.95. The van der Waals surface area contributed by atoms with Gasteiger partial charge in [0.15, 0.2) is 0 Å². The number of unbranched alkanes of at least 4 members (excludes halogenated alkanes) is 1. The Hall–Kier alpha value is -0.0800. The summed E-state index contributed by atoms with van der Waals surface area (Å²) in [6, 6.07) is 0. The molecule has 0 aliphatic heterocycles. The van der Waals surface area contributed by atoms with Crippen molar-refractivity contribution < 1.29 is 9.47 Å². The third kappa shape index (κ3) is 4.43. The molecule has 1 aliphatic rings. The summed E-state index contributed by atoms with van der Waals surface area (Å²) >= 11 is 0. The number of hydrogen-bond acceptors (Lipinski definition) is 2. The Balaban J connectivity index is 2.12. The van der Waals surface area contributed by atoms with Crippen LogP contribution in [0.15, 0.2) is 0 Å². The van der Waals surface area contributed by atoms with Crippen molar-refractivity contribution >= 4 is 0 Å². The summed E-state index contributed by atoms with van der Waals surface area (Å²) in [5, 5.41) is 0. The van der Waals surface area contributed by atoms with Crippen LogP contribution in [-0.4, -0.2) is 25.4 Å². The average Bonchev–Trinajstić information content (AvgIpc) is 2.19. The second-order valence-corrected chi connectivity index (χ2v) is 4.09. The van der Waals surface area contributed by atoms with Crippen LogP contribution in [0.2, 0.25) is 0 Å². The lowest BCUT2D eigenvalue weighted by molar-refractivity contribution is -0.0419. The first-order valence-corrected chi connectivity index (χ1v) is 6.10. The van der Waals surface area contributed by atoms with Crippen LogP contribution >= 0.6 is 0 Å². The van der Waals surface area contributed by atoms with Crippen molar-refractivity contribution in [2.75, 3.05) is 13.2 Å². The molecular formula is C12H24O2. The molecule has 0 saturated heterocycles. The molecule has 1 rings (SSSR count). The minimum atomic E-state index is 0.459. The van der Waals surface area contributed by atoms with Crippen molar-refractivity contribution in [3.63, 3.8) is 0 Å². The van der Waals surface area contributed by atoms with Gasteiger partial charge in [-0.15, -0.1) is 0 Å². The van der Waals surface area contributed by atoms with Crippen molar-refractivity contribution in [1.82, 2.24) is 0 Å². The van der Waals surface area contributed by atoms with E-state index < -0.39 is 0 Å². The summed E-state index contributed by atoms with van der Waals surface area (Å²) in [6.45, 7) is 6.04. The molecule has 2 heteroatoms. The Kier molecular flexibility index (Phi) is 6.20. The van der Waals surface area contributed by atoms with Gasteiger partial charge < -0.3 is 9.47 Å². The second-order valence-electron chi connectivity index (χ2n) is 4.09. The molecule has 84 valence electrons. The van der Waals surface area contributed by atoms with Crippen LogP contribution in [0.25, 0.3) is 0 Å². The Morgan fingerprint density at radius 3 is 2.43 bits per heavy atom. The average molecular weight is 200 g/mol. The van der Waals surface area contributed by atoms with Crippen molar-refractivity contribution in [3.05, 3.63) is 0 Å². The SMILES string of the molecule is CCCCOC1CCCC(OCC)C1. The molecule has 0 spiro atoms. The highest BCUT2D eigenvalue weighted by Gasteiger charge is 2.22. The molecule has 0 N–H and O–H groups in total. The largest absolute Gasteiger partial charge is 0.378 e. The maximum Gasteiger partial charge on any atom is 0.0599 e. The number of hydrogen-bond donors (Lipinski definition) is 0. The van der Waals surface area contributed by atoms with Gasteiger partial charge in [0.1, 0.15) is 0 Å². The summed E-state index contributed by atoms with van der Waals surface area (Å²) in [6.07, 6.45) is 8.16. The van der Waals surface area contributed by atoms with Crippen LogP contribution in [0.1, 0.15) is 52.4 Å². The fraction of sp³-hybridized carbons (Fsp3) is 1.00. The summed E-state index contributed by atoms with van der Waals surface area (Å²) in [4.78, 5) is 0. The van der Waals surface area contributed by atoms with Crippen LogP contribution in [0.4, 0.5) is 0 Å². The number of rotatable bonds is 6. The summed E-state index contributed by atoms with van der Waals surface area (Å²) in [5.74, 6) is 0. The maximum atomic E-state index is 5.82. The van der Waals surface area contributed by atoms with Gasteiger partial charge in [0.05, 0.1) is 12.2 Å². The van der Waals surface area contributed by atoms with Gasteiger partial charge in [-0.1, -0.05) is 13.3 Å². The zero-order valence-corrected chi connectivity index (χ0v) is 9.63. The Labute approximate surface area is 88.0 Å². The molecule has 0 aromatic carbocycles. The van der Waals surface area contributed by atoms with Crippen LogP contribution in [0.5, 0.6) is 0 Å². The first kappa shape index (κ1) is 12.0. The molecule has 14 heavy (non-hydrogen) atoms. The zero-order chi connectivity index (χ0) is 10.2. The third-order valence-corrected chi connectivity index (χ3v) is 2.83. The molecule has 1 aliphatic carbocycles. The second kappa shape index (κ2) is 7.24. The van der Waals surface area contributed by atoms with E-state index in [2.05, 4.69) is 13.8 Å². The van der Waals surface area contributed by atoms with Gasteiger partial charge in [-0.3, -0.25) is 0 Å². The third-order valence-electron chi connectivity index (χ3n) is 2.83. The fourth-order valence-corrected chi connectivity index (χ4v) is 2.03. The Morgan fingerprint density at radius 2 is 1.79 bits per heavy atom. The predicted octanol–water partition coefficient (Wildman–Crippen LogP) is 3.15. The minimum absolute atomic E-state index is 0.459. The van der Waals surface area contributed by atoms with Gasteiger partial charge in [-0.25, -0.2) is 0 Å². The standard InChI is InChI=1S/C12H24O2/c1-3-5-9-14-12-8-6-7-11(10-12)13-4-2/h11-12H,3-10H2,1-2H3. The lowest BCUT2D eigenvalue weighted by Crippen LogP contribution is -2.28. The van der Waals surface area contributed by atoms with Crippen molar-refractivity contribution in [2.24, 2.45) is 0 Å². The highest BCUT2D eigenvalue weighted by atomic mass is 16.5. The molecule has 2 unspecified atom stereocenters. The van der Waals surface area contributed by atoms with Crippen molar-refractivity contribution in [3.8, 4) is 0 Å². The number of ether oxygens (including phenoxy) is 2. The lowest BCUT2D eigenvalue weighted by Gasteiger charge is -2.28. The first-order valence-electron chi connectivity index (χ1n) is 6.10. The predicted molar refractivity (Wildman–Crippen MR) is 58.5 cm³/mol. The molecule has 0 aromatic rings. The monoisotopic (exact) mass is 200 g/mol. The molecule has 0 amide bonds. The van der Waals surface area contributed by atoms with E-state index in [1.54, 1.807) is 0 Å². The highest BCUT2D eigenvalue weighted by molar-refractivity contribution is 4.73. The van der Waals surface area contributed by atoms with E-state index in [1.165, 1.54) is 32.1 Å². The molecule has 0 radical (unpaired) electrons. The molecule has 0 bridgehead atoms. The summed E-state index contributed by atoms with van der Waals surface area (Å²) < 4.78 is 11.5. The summed E-state index contributed by atoms with van der Waals surface area (Å²) in [5.41, 5.74) is 0. The van der Waals surface area contributed by atoms with Gasteiger partial charge in [0, 0.05) is 13.2 Å². The fourth-order valence-electron chi connectivity index (χ4n) is 2.03. The van der Waals surface area contributed by atoms with E-state index in [9.17, 15) is 0 Å².